The van der Waals surface area contributed by atoms with E-state index in [2.05, 4.69) is 47.9 Å². The van der Waals surface area contributed by atoms with Crippen LogP contribution in [0.4, 0.5) is 0 Å². The first-order valence-electron chi connectivity index (χ1n) is 7.88. The number of allylic oxidation sites excluding steroid dienone is 1. The summed E-state index contributed by atoms with van der Waals surface area (Å²) in [7, 11) is 4.53. The van der Waals surface area contributed by atoms with Gasteiger partial charge >= 0.3 is 0 Å². The van der Waals surface area contributed by atoms with Crippen LogP contribution in [0.1, 0.15) is 53.4 Å². The van der Waals surface area contributed by atoms with E-state index in [0.29, 0.717) is 23.3 Å². The van der Waals surface area contributed by atoms with Gasteiger partial charge in [-0.25, -0.2) is 0 Å². The van der Waals surface area contributed by atoms with E-state index < -0.39 is 0 Å². The van der Waals surface area contributed by atoms with Gasteiger partial charge in [0.25, 0.3) is 0 Å². The molecule has 4 atom stereocenters. The molecule has 0 N–H and O–H groups in total. The van der Waals surface area contributed by atoms with Crippen molar-refractivity contribution in [2.24, 2.45) is 17.3 Å². The molecule has 2 aliphatic carbocycles. The van der Waals surface area contributed by atoms with Crippen LogP contribution in [0.15, 0.2) is 11.6 Å². The van der Waals surface area contributed by atoms with Gasteiger partial charge in [-0.15, -0.1) is 0 Å². The molecule has 1 heterocycles. The maximum absolute atomic E-state index is 6.44. The number of nitrogens with zero attached hydrogens (tertiary/aromatic N) is 1. The zero-order valence-electron chi connectivity index (χ0n) is 13.5. The fraction of sp³-hybridized carbons (Fsp3) is 0.882. The van der Waals surface area contributed by atoms with Gasteiger partial charge in [0.15, 0.2) is 0 Å². The molecule has 2 fully saturated rings. The van der Waals surface area contributed by atoms with E-state index in [4.69, 9.17) is 4.84 Å². The van der Waals surface area contributed by atoms with Gasteiger partial charge in [0.2, 0.25) is 0 Å². The molecule has 0 bridgehead atoms. The summed E-state index contributed by atoms with van der Waals surface area (Å²) in [6.07, 6.45) is 7.82. The standard InChI is InChI=1S/C17H30NO/c1-12-8-7-10-17(4)11-9-13-15(14(12)17)18(5,6)19-16(13,2)3/h8,13-15H,7,9-11H2,1-6H3/q+1/t13-,14+,15-,17-/m1/s1. The van der Waals surface area contributed by atoms with Crippen LogP contribution in [0.3, 0.4) is 0 Å². The molecule has 0 unspecified atom stereocenters. The van der Waals surface area contributed by atoms with Crippen molar-refractivity contribution in [3.8, 4) is 0 Å². The lowest BCUT2D eigenvalue weighted by molar-refractivity contribution is -1.09. The molecule has 3 aliphatic rings. The van der Waals surface area contributed by atoms with E-state index in [9.17, 15) is 0 Å². The van der Waals surface area contributed by atoms with Crippen LogP contribution < -0.4 is 0 Å². The Labute approximate surface area is 118 Å². The number of hydroxylamine groups is 3. The minimum absolute atomic E-state index is 0.0211. The highest BCUT2D eigenvalue weighted by atomic mass is 16.7. The van der Waals surface area contributed by atoms with Crippen LogP contribution in [-0.4, -0.2) is 30.4 Å². The third kappa shape index (κ3) is 1.83. The fourth-order valence-electron chi connectivity index (χ4n) is 5.60. The van der Waals surface area contributed by atoms with Crippen molar-refractivity contribution < 1.29 is 9.48 Å². The highest BCUT2D eigenvalue weighted by Gasteiger charge is 2.64. The van der Waals surface area contributed by atoms with Gasteiger partial charge < -0.3 is 0 Å². The predicted octanol–water partition coefficient (Wildman–Crippen LogP) is 3.93. The number of hydrogen-bond acceptors (Lipinski definition) is 1. The molecular formula is C17H30NO+. The van der Waals surface area contributed by atoms with Crippen molar-refractivity contribution in [2.75, 3.05) is 14.1 Å². The molecule has 19 heavy (non-hydrogen) atoms. The van der Waals surface area contributed by atoms with E-state index in [1.54, 1.807) is 5.57 Å². The lowest BCUT2D eigenvalue weighted by Crippen LogP contribution is -2.57. The monoisotopic (exact) mass is 264 g/mol. The van der Waals surface area contributed by atoms with Crippen molar-refractivity contribution in [1.82, 2.24) is 0 Å². The van der Waals surface area contributed by atoms with Crippen LogP contribution in [0.25, 0.3) is 0 Å². The third-order valence-corrected chi connectivity index (χ3v) is 6.28. The van der Waals surface area contributed by atoms with Crippen LogP contribution in [-0.2, 0) is 4.84 Å². The third-order valence-electron chi connectivity index (χ3n) is 6.28. The smallest absolute Gasteiger partial charge is 0.131 e. The summed E-state index contributed by atoms with van der Waals surface area (Å²) in [5.41, 5.74) is 2.14. The number of fused-ring (bicyclic) bond motifs is 3. The average Bonchev–Trinajstić information content (AvgIpc) is 2.43. The van der Waals surface area contributed by atoms with Gasteiger partial charge in [-0.05, 0) is 51.9 Å². The molecule has 0 aromatic carbocycles. The Morgan fingerprint density at radius 2 is 1.89 bits per heavy atom. The summed E-state index contributed by atoms with van der Waals surface area (Å²) in [5, 5.41) is 0. The molecule has 0 amide bonds. The Balaban J connectivity index is 2.07. The predicted molar refractivity (Wildman–Crippen MR) is 78.4 cm³/mol. The Bertz CT molecular complexity index is 423. The van der Waals surface area contributed by atoms with Crippen molar-refractivity contribution in [2.45, 2.75) is 65.0 Å². The second kappa shape index (κ2) is 3.85. The topological polar surface area (TPSA) is 9.23 Å². The SMILES string of the molecule is CC1=CCC[C@]2(C)CC[C@@H]3[C@H]([C@H]12)[N+](C)(C)OC3(C)C. The first-order valence-corrected chi connectivity index (χ1v) is 7.88. The summed E-state index contributed by atoms with van der Waals surface area (Å²) >= 11 is 0. The van der Waals surface area contributed by atoms with Gasteiger partial charge in [-0.3, -0.25) is 0 Å². The molecule has 0 aromatic heterocycles. The summed E-state index contributed by atoms with van der Waals surface area (Å²) in [6.45, 7) is 9.47. The molecule has 0 radical (unpaired) electrons. The highest BCUT2D eigenvalue weighted by molar-refractivity contribution is 5.19. The molecule has 1 saturated heterocycles. The molecule has 2 nitrogen and oxygen atoms in total. The Morgan fingerprint density at radius 1 is 1.21 bits per heavy atom. The second-order valence-electron chi connectivity index (χ2n) is 8.38. The lowest BCUT2D eigenvalue weighted by atomic mass is 9.54. The molecular weight excluding hydrogens is 234 g/mol. The Kier molecular flexibility index (Phi) is 2.77. The summed E-state index contributed by atoms with van der Waals surface area (Å²) < 4.78 is 0.739. The second-order valence-corrected chi connectivity index (χ2v) is 8.38. The van der Waals surface area contributed by atoms with Crippen LogP contribution in [0, 0.1) is 17.3 Å². The van der Waals surface area contributed by atoms with Crippen molar-refractivity contribution in [3.63, 3.8) is 0 Å². The Morgan fingerprint density at radius 3 is 2.58 bits per heavy atom. The van der Waals surface area contributed by atoms with Gasteiger partial charge in [0.05, 0.1) is 14.1 Å². The van der Waals surface area contributed by atoms with E-state index in [1.807, 2.05) is 0 Å². The highest BCUT2D eigenvalue weighted by Crippen LogP contribution is 2.59. The molecule has 0 spiro atoms. The quantitative estimate of drug-likeness (QED) is 0.476. The first-order chi connectivity index (χ1) is 8.67. The molecule has 1 saturated carbocycles. The van der Waals surface area contributed by atoms with Crippen molar-refractivity contribution in [3.05, 3.63) is 11.6 Å². The number of quaternary nitrogens is 1. The van der Waals surface area contributed by atoms with Gasteiger partial charge in [0.1, 0.15) is 11.6 Å². The maximum Gasteiger partial charge on any atom is 0.131 e. The Hall–Kier alpha value is -0.340. The first kappa shape index (κ1) is 13.6. The summed E-state index contributed by atoms with van der Waals surface area (Å²) in [4.78, 5) is 6.44. The molecule has 108 valence electrons. The molecule has 2 heteroatoms. The number of rotatable bonds is 0. The average molecular weight is 264 g/mol. The van der Waals surface area contributed by atoms with Gasteiger partial charge in [0, 0.05) is 11.8 Å². The normalized spacial score (nSPS) is 47.3. The van der Waals surface area contributed by atoms with Crippen molar-refractivity contribution in [1.29, 1.82) is 0 Å². The van der Waals surface area contributed by atoms with Crippen LogP contribution >= 0.6 is 0 Å². The molecule has 0 aromatic rings. The van der Waals surface area contributed by atoms with E-state index >= 15 is 0 Å². The zero-order chi connectivity index (χ0) is 14.1. The van der Waals surface area contributed by atoms with Gasteiger partial charge in [-0.1, -0.05) is 18.6 Å². The van der Waals surface area contributed by atoms with E-state index in [1.165, 1.54) is 25.7 Å². The zero-order valence-corrected chi connectivity index (χ0v) is 13.5. The lowest BCUT2D eigenvalue weighted by Gasteiger charge is -2.51. The van der Waals surface area contributed by atoms with E-state index in [0.717, 1.165) is 4.65 Å². The molecule has 1 aliphatic heterocycles. The van der Waals surface area contributed by atoms with E-state index in [-0.39, 0.29) is 5.60 Å². The largest absolute Gasteiger partial charge is 0.197 e. The number of hydrogen-bond donors (Lipinski definition) is 0. The van der Waals surface area contributed by atoms with Crippen LogP contribution in [0.5, 0.6) is 0 Å². The minimum Gasteiger partial charge on any atom is -0.197 e. The fourth-order valence-corrected chi connectivity index (χ4v) is 5.60. The van der Waals surface area contributed by atoms with Gasteiger partial charge in [-0.2, -0.15) is 9.48 Å². The van der Waals surface area contributed by atoms with Crippen molar-refractivity contribution >= 4 is 0 Å². The summed E-state index contributed by atoms with van der Waals surface area (Å²) in [5.74, 6) is 1.40. The summed E-state index contributed by atoms with van der Waals surface area (Å²) in [6, 6.07) is 0.630. The maximum atomic E-state index is 6.44. The van der Waals surface area contributed by atoms with Crippen LogP contribution in [0.2, 0.25) is 0 Å². The minimum atomic E-state index is 0.0211. The molecule has 3 rings (SSSR count).